The first-order chi connectivity index (χ1) is 11.7. The molecule has 0 bridgehead atoms. The fourth-order valence-electron chi connectivity index (χ4n) is 2.90. The summed E-state index contributed by atoms with van der Waals surface area (Å²) in [6, 6.07) is 9.63. The van der Waals surface area contributed by atoms with Crippen molar-refractivity contribution in [1.82, 2.24) is 14.8 Å². The van der Waals surface area contributed by atoms with Crippen molar-refractivity contribution in [3.05, 3.63) is 41.9 Å². The fraction of sp³-hybridized carbons (Fsp3) is 0.368. The predicted octanol–water partition coefficient (Wildman–Crippen LogP) is 2.43. The van der Waals surface area contributed by atoms with E-state index >= 15 is 0 Å². The van der Waals surface area contributed by atoms with Gasteiger partial charge in [0.1, 0.15) is 0 Å². The first-order valence-electron chi connectivity index (χ1n) is 8.17. The highest BCUT2D eigenvalue weighted by Crippen LogP contribution is 2.26. The molecule has 2 heterocycles. The van der Waals surface area contributed by atoms with E-state index in [1.807, 2.05) is 35.2 Å². The highest BCUT2D eigenvalue weighted by molar-refractivity contribution is 5.97. The Bertz CT molecular complexity index is 738. The molecule has 0 atom stereocenters. The summed E-state index contributed by atoms with van der Waals surface area (Å²) in [6.07, 6.45) is 6.06. The molecule has 1 fully saturated rings. The van der Waals surface area contributed by atoms with E-state index in [4.69, 9.17) is 10.8 Å². The molecule has 0 aliphatic carbocycles. The second-order valence-corrected chi connectivity index (χ2v) is 5.86. The first kappa shape index (κ1) is 16.3. The number of carbonyl (C=O) groups excluding carboxylic acids is 1. The number of nitrogens with zero attached hydrogens (tertiary/aromatic N) is 3. The topological polar surface area (TPSA) is 49.6 Å². The largest absolute Gasteiger partial charge is 0.440 e. The van der Waals surface area contributed by atoms with Gasteiger partial charge in [0.15, 0.2) is 17.3 Å². The standard InChI is InChI=1S/C19H21N3O2/c1-3-4-10-21-11-13-22(14-12-21)19(23)17-18(24-15(2)20-17)16-8-6-5-7-9-16/h1,5-9H,4,10-14H2,2H3. The third-order valence-electron chi connectivity index (χ3n) is 4.20. The Morgan fingerprint density at radius 2 is 1.96 bits per heavy atom. The van der Waals surface area contributed by atoms with Gasteiger partial charge in [0.2, 0.25) is 0 Å². The number of hydrogen-bond donors (Lipinski definition) is 0. The Morgan fingerprint density at radius 3 is 2.62 bits per heavy atom. The minimum absolute atomic E-state index is 0.0673. The number of rotatable bonds is 4. The van der Waals surface area contributed by atoms with Crippen molar-refractivity contribution in [2.24, 2.45) is 0 Å². The van der Waals surface area contributed by atoms with Crippen molar-refractivity contribution in [2.45, 2.75) is 13.3 Å². The lowest BCUT2D eigenvalue weighted by molar-refractivity contribution is 0.0635. The van der Waals surface area contributed by atoms with E-state index < -0.39 is 0 Å². The number of amides is 1. The van der Waals surface area contributed by atoms with E-state index in [9.17, 15) is 4.79 Å². The zero-order chi connectivity index (χ0) is 16.9. The summed E-state index contributed by atoms with van der Waals surface area (Å²) in [7, 11) is 0. The van der Waals surface area contributed by atoms with Crippen LogP contribution in [0, 0.1) is 19.3 Å². The average molecular weight is 323 g/mol. The van der Waals surface area contributed by atoms with Crippen LogP contribution in [0.1, 0.15) is 22.8 Å². The summed E-state index contributed by atoms with van der Waals surface area (Å²) in [6.45, 7) is 5.70. The number of aryl methyl sites for hydroxylation is 1. The summed E-state index contributed by atoms with van der Waals surface area (Å²) in [5, 5.41) is 0. The third-order valence-corrected chi connectivity index (χ3v) is 4.20. The maximum atomic E-state index is 12.9. The van der Waals surface area contributed by atoms with E-state index in [1.165, 1.54) is 0 Å². The van der Waals surface area contributed by atoms with Crippen LogP contribution in [0.5, 0.6) is 0 Å². The van der Waals surface area contributed by atoms with E-state index in [2.05, 4.69) is 15.8 Å². The van der Waals surface area contributed by atoms with Gasteiger partial charge in [0, 0.05) is 51.6 Å². The number of benzene rings is 1. The van der Waals surface area contributed by atoms with Crippen molar-refractivity contribution in [3.63, 3.8) is 0 Å². The van der Waals surface area contributed by atoms with Crippen LogP contribution in [0.15, 0.2) is 34.7 Å². The lowest BCUT2D eigenvalue weighted by Gasteiger charge is -2.34. The van der Waals surface area contributed by atoms with Gasteiger partial charge >= 0.3 is 0 Å². The smallest absolute Gasteiger partial charge is 0.276 e. The minimum atomic E-state index is -0.0673. The molecule has 5 nitrogen and oxygen atoms in total. The molecule has 1 saturated heterocycles. The molecule has 0 spiro atoms. The molecule has 1 aliphatic heterocycles. The second kappa shape index (κ2) is 7.33. The molecule has 1 aromatic carbocycles. The summed E-state index contributed by atoms with van der Waals surface area (Å²) in [4.78, 5) is 21.3. The highest BCUT2D eigenvalue weighted by atomic mass is 16.4. The molecule has 2 aromatic rings. The Kier molecular flexibility index (Phi) is 4.97. The van der Waals surface area contributed by atoms with Crippen LogP contribution in [-0.4, -0.2) is 53.4 Å². The second-order valence-electron chi connectivity index (χ2n) is 5.86. The molecular weight excluding hydrogens is 302 g/mol. The van der Waals surface area contributed by atoms with Gasteiger partial charge in [-0.15, -0.1) is 12.3 Å². The molecule has 0 N–H and O–H groups in total. The third kappa shape index (κ3) is 3.50. The summed E-state index contributed by atoms with van der Waals surface area (Å²) in [5.74, 6) is 3.64. The molecule has 0 unspecified atom stereocenters. The van der Waals surface area contributed by atoms with Gasteiger partial charge in [-0.05, 0) is 0 Å². The van der Waals surface area contributed by atoms with Gasteiger partial charge in [-0.25, -0.2) is 4.98 Å². The fourth-order valence-corrected chi connectivity index (χ4v) is 2.90. The van der Waals surface area contributed by atoms with E-state index in [0.717, 1.165) is 31.6 Å². The summed E-state index contributed by atoms with van der Waals surface area (Å²) < 4.78 is 5.70. The Morgan fingerprint density at radius 1 is 1.25 bits per heavy atom. The summed E-state index contributed by atoms with van der Waals surface area (Å²) >= 11 is 0. The molecule has 1 aliphatic rings. The van der Waals surface area contributed by atoms with Crippen molar-refractivity contribution < 1.29 is 9.21 Å². The Labute approximate surface area is 142 Å². The van der Waals surface area contributed by atoms with Gasteiger partial charge in [-0.3, -0.25) is 9.69 Å². The maximum absolute atomic E-state index is 12.9. The highest BCUT2D eigenvalue weighted by Gasteiger charge is 2.27. The molecule has 5 heteroatoms. The van der Waals surface area contributed by atoms with Gasteiger partial charge in [-0.2, -0.15) is 0 Å². The zero-order valence-electron chi connectivity index (χ0n) is 13.9. The number of oxazole rings is 1. The van der Waals surface area contributed by atoms with E-state index in [0.29, 0.717) is 30.4 Å². The van der Waals surface area contributed by atoms with Crippen molar-refractivity contribution in [2.75, 3.05) is 32.7 Å². The lowest BCUT2D eigenvalue weighted by Crippen LogP contribution is -2.49. The van der Waals surface area contributed by atoms with Crippen LogP contribution in [0.25, 0.3) is 11.3 Å². The van der Waals surface area contributed by atoms with Crippen LogP contribution >= 0.6 is 0 Å². The van der Waals surface area contributed by atoms with Gasteiger partial charge in [0.25, 0.3) is 5.91 Å². The predicted molar refractivity (Wildman–Crippen MR) is 92.5 cm³/mol. The summed E-state index contributed by atoms with van der Waals surface area (Å²) in [5.41, 5.74) is 1.27. The van der Waals surface area contributed by atoms with E-state index in [-0.39, 0.29) is 5.91 Å². The van der Waals surface area contributed by atoms with Gasteiger partial charge < -0.3 is 9.32 Å². The maximum Gasteiger partial charge on any atom is 0.276 e. The quantitative estimate of drug-likeness (QED) is 0.811. The molecule has 124 valence electrons. The Hall–Kier alpha value is -2.58. The monoisotopic (exact) mass is 323 g/mol. The van der Waals surface area contributed by atoms with Crippen molar-refractivity contribution in [1.29, 1.82) is 0 Å². The minimum Gasteiger partial charge on any atom is -0.440 e. The number of carbonyl (C=O) groups is 1. The number of hydrogen-bond acceptors (Lipinski definition) is 4. The lowest BCUT2D eigenvalue weighted by atomic mass is 10.1. The van der Waals surface area contributed by atoms with Crippen LogP contribution in [0.2, 0.25) is 0 Å². The van der Waals surface area contributed by atoms with Crippen molar-refractivity contribution in [3.8, 4) is 23.7 Å². The molecule has 0 saturated carbocycles. The Balaban J connectivity index is 1.74. The van der Waals surface area contributed by atoms with Crippen LogP contribution in [0.4, 0.5) is 0 Å². The molecule has 1 aromatic heterocycles. The van der Waals surface area contributed by atoms with Gasteiger partial charge in [-0.1, -0.05) is 30.3 Å². The van der Waals surface area contributed by atoms with Crippen LogP contribution in [0.3, 0.4) is 0 Å². The average Bonchev–Trinajstić information content (AvgIpc) is 3.02. The SMILES string of the molecule is C#CCCN1CCN(C(=O)c2nc(C)oc2-c2ccccc2)CC1. The molecular formula is C19H21N3O2. The van der Waals surface area contributed by atoms with Gasteiger partial charge in [0.05, 0.1) is 0 Å². The van der Waals surface area contributed by atoms with E-state index in [1.54, 1.807) is 6.92 Å². The first-order valence-corrected chi connectivity index (χ1v) is 8.17. The van der Waals surface area contributed by atoms with Crippen molar-refractivity contribution >= 4 is 5.91 Å². The number of terminal acetylenes is 1. The van der Waals surface area contributed by atoms with Crippen LogP contribution in [-0.2, 0) is 0 Å². The number of aromatic nitrogens is 1. The normalized spacial score (nSPS) is 15.2. The molecule has 1 amide bonds. The number of piperazine rings is 1. The van der Waals surface area contributed by atoms with Crippen LogP contribution < -0.4 is 0 Å². The molecule has 24 heavy (non-hydrogen) atoms. The zero-order valence-corrected chi connectivity index (χ0v) is 13.9. The molecule has 0 radical (unpaired) electrons. The molecule has 3 rings (SSSR count).